The quantitative estimate of drug-likeness (QED) is 0.533. The maximum Gasteiger partial charge on any atom is 0.224 e. The van der Waals surface area contributed by atoms with E-state index in [1.807, 2.05) is 61.7 Å². The van der Waals surface area contributed by atoms with Crippen LogP contribution in [0.25, 0.3) is 0 Å². The smallest absolute Gasteiger partial charge is 0.224 e. The highest BCUT2D eigenvalue weighted by Crippen LogP contribution is 2.26. The van der Waals surface area contributed by atoms with Crippen LogP contribution in [-0.4, -0.2) is 25.4 Å². The molecule has 0 aliphatic carbocycles. The van der Waals surface area contributed by atoms with E-state index in [0.717, 1.165) is 16.3 Å². The number of carbonyl (C=O) groups is 1. The second-order valence-corrected chi connectivity index (χ2v) is 5.99. The topological polar surface area (TPSA) is 47.6 Å². The first kappa shape index (κ1) is 18.2. The van der Waals surface area contributed by atoms with Gasteiger partial charge >= 0.3 is 0 Å². The van der Waals surface area contributed by atoms with Crippen LogP contribution in [0.4, 0.5) is 5.69 Å². The highest BCUT2D eigenvalue weighted by Gasteiger charge is 2.06. The van der Waals surface area contributed by atoms with Crippen LogP contribution in [0.15, 0.2) is 53.4 Å². The standard InChI is InChI=1S/C19H23NO3S/c1-3-22-17-10-4-5-11-18(17)23-13-7-12-19(21)20-15-8-6-9-16(14-15)24-2/h4-6,8-11,14H,3,7,12-13H2,1-2H3,(H,20,21). The summed E-state index contributed by atoms with van der Waals surface area (Å²) >= 11 is 1.65. The molecular formula is C19H23NO3S. The van der Waals surface area contributed by atoms with Crippen molar-refractivity contribution in [2.75, 3.05) is 24.8 Å². The molecular weight excluding hydrogens is 322 g/mol. The SMILES string of the molecule is CCOc1ccccc1OCCCC(=O)Nc1cccc(SC)c1. The van der Waals surface area contributed by atoms with E-state index in [9.17, 15) is 4.79 Å². The summed E-state index contributed by atoms with van der Waals surface area (Å²) in [4.78, 5) is 13.1. The first-order valence-electron chi connectivity index (χ1n) is 8.01. The average molecular weight is 345 g/mol. The molecule has 0 radical (unpaired) electrons. The minimum Gasteiger partial charge on any atom is -0.490 e. The highest BCUT2D eigenvalue weighted by atomic mass is 32.2. The second-order valence-electron chi connectivity index (χ2n) is 5.11. The van der Waals surface area contributed by atoms with Gasteiger partial charge < -0.3 is 14.8 Å². The Labute approximate surface area is 147 Å². The Morgan fingerprint density at radius 3 is 2.54 bits per heavy atom. The molecule has 0 aliphatic heterocycles. The fourth-order valence-corrected chi connectivity index (χ4v) is 2.64. The van der Waals surface area contributed by atoms with Gasteiger partial charge in [-0.05, 0) is 49.9 Å². The fraction of sp³-hybridized carbons (Fsp3) is 0.316. The summed E-state index contributed by atoms with van der Waals surface area (Å²) < 4.78 is 11.2. The Morgan fingerprint density at radius 2 is 1.83 bits per heavy atom. The predicted molar refractivity (Wildman–Crippen MR) is 99.2 cm³/mol. The number of thioether (sulfide) groups is 1. The van der Waals surface area contributed by atoms with Gasteiger partial charge in [-0.2, -0.15) is 0 Å². The molecule has 0 bridgehead atoms. The van der Waals surface area contributed by atoms with Crippen LogP contribution in [0.1, 0.15) is 19.8 Å². The predicted octanol–water partition coefficient (Wildman–Crippen LogP) is 4.60. The molecule has 0 saturated carbocycles. The van der Waals surface area contributed by atoms with Crippen molar-refractivity contribution in [2.24, 2.45) is 0 Å². The van der Waals surface area contributed by atoms with Gasteiger partial charge in [-0.1, -0.05) is 18.2 Å². The van der Waals surface area contributed by atoms with Crippen LogP contribution >= 0.6 is 11.8 Å². The van der Waals surface area contributed by atoms with Crippen molar-refractivity contribution in [3.8, 4) is 11.5 Å². The zero-order valence-electron chi connectivity index (χ0n) is 14.1. The first-order chi connectivity index (χ1) is 11.7. The molecule has 5 heteroatoms. The monoisotopic (exact) mass is 345 g/mol. The zero-order valence-corrected chi connectivity index (χ0v) is 14.9. The molecule has 0 atom stereocenters. The number of nitrogens with one attached hydrogen (secondary N) is 1. The number of rotatable bonds is 9. The maximum atomic E-state index is 12.0. The molecule has 24 heavy (non-hydrogen) atoms. The molecule has 128 valence electrons. The van der Waals surface area contributed by atoms with Crippen molar-refractivity contribution in [1.29, 1.82) is 0 Å². The number of hydrogen-bond donors (Lipinski definition) is 1. The molecule has 4 nitrogen and oxygen atoms in total. The van der Waals surface area contributed by atoms with Crippen molar-refractivity contribution in [3.63, 3.8) is 0 Å². The molecule has 2 aromatic carbocycles. The molecule has 2 rings (SSSR count). The normalized spacial score (nSPS) is 10.2. The molecule has 0 heterocycles. The average Bonchev–Trinajstić information content (AvgIpc) is 2.60. The van der Waals surface area contributed by atoms with Crippen molar-refractivity contribution >= 4 is 23.4 Å². The minimum atomic E-state index is -0.00468. The second kappa shape index (κ2) is 9.88. The van der Waals surface area contributed by atoms with E-state index in [2.05, 4.69) is 5.32 Å². The van der Waals surface area contributed by atoms with E-state index in [-0.39, 0.29) is 5.91 Å². The van der Waals surface area contributed by atoms with Gasteiger partial charge in [0.05, 0.1) is 13.2 Å². The summed E-state index contributed by atoms with van der Waals surface area (Å²) in [7, 11) is 0. The molecule has 0 spiro atoms. The minimum absolute atomic E-state index is 0.00468. The van der Waals surface area contributed by atoms with Crippen LogP contribution < -0.4 is 14.8 Å². The maximum absolute atomic E-state index is 12.0. The Morgan fingerprint density at radius 1 is 1.08 bits per heavy atom. The summed E-state index contributed by atoms with van der Waals surface area (Å²) in [5, 5.41) is 2.91. The molecule has 0 unspecified atom stereocenters. The van der Waals surface area contributed by atoms with Crippen LogP contribution in [0.5, 0.6) is 11.5 Å². The number of para-hydroxylation sites is 2. The van der Waals surface area contributed by atoms with Crippen molar-refractivity contribution < 1.29 is 14.3 Å². The number of anilines is 1. The first-order valence-corrected chi connectivity index (χ1v) is 9.24. The Balaban J connectivity index is 1.75. The lowest BCUT2D eigenvalue weighted by Gasteiger charge is -2.11. The van der Waals surface area contributed by atoms with Crippen LogP contribution in [0.3, 0.4) is 0 Å². The molecule has 2 aromatic rings. The Hall–Kier alpha value is -2.14. The summed E-state index contributed by atoms with van der Waals surface area (Å²) in [6, 6.07) is 15.4. The number of ether oxygens (including phenoxy) is 2. The van der Waals surface area contributed by atoms with Crippen LogP contribution in [-0.2, 0) is 4.79 Å². The molecule has 1 N–H and O–H groups in total. The Kier molecular flexibility index (Phi) is 7.49. The van der Waals surface area contributed by atoms with Crippen molar-refractivity contribution in [3.05, 3.63) is 48.5 Å². The van der Waals surface area contributed by atoms with Gasteiger partial charge in [-0.3, -0.25) is 4.79 Å². The van der Waals surface area contributed by atoms with Crippen LogP contribution in [0.2, 0.25) is 0 Å². The third kappa shape index (κ3) is 5.81. The van der Waals surface area contributed by atoms with Gasteiger partial charge in [0.15, 0.2) is 11.5 Å². The van der Waals surface area contributed by atoms with Gasteiger partial charge in [0.1, 0.15) is 0 Å². The number of amides is 1. The molecule has 0 aromatic heterocycles. The fourth-order valence-electron chi connectivity index (χ4n) is 2.18. The van der Waals surface area contributed by atoms with E-state index < -0.39 is 0 Å². The lowest BCUT2D eigenvalue weighted by Crippen LogP contribution is -2.13. The van der Waals surface area contributed by atoms with E-state index in [1.165, 1.54) is 0 Å². The highest BCUT2D eigenvalue weighted by molar-refractivity contribution is 7.98. The van der Waals surface area contributed by atoms with E-state index in [1.54, 1.807) is 11.8 Å². The van der Waals surface area contributed by atoms with Crippen molar-refractivity contribution in [2.45, 2.75) is 24.7 Å². The van der Waals surface area contributed by atoms with Gasteiger partial charge in [0, 0.05) is 17.0 Å². The summed E-state index contributed by atoms with van der Waals surface area (Å²) in [5.74, 6) is 1.45. The third-order valence-corrected chi connectivity index (χ3v) is 4.03. The van der Waals surface area contributed by atoms with E-state index in [0.29, 0.717) is 31.8 Å². The van der Waals surface area contributed by atoms with Gasteiger partial charge in [-0.25, -0.2) is 0 Å². The van der Waals surface area contributed by atoms with E-state index in [4.69, 9.17) is 9.47 Å². The zero-order chi connectivity index (χ0) is 17.2. The summed E-state index contributed by atoms with van der Waals surface area (Å²) in [6.07, 6.45) is 3.08. The molecule has 0 fully saturated rings. The lowest BCUT2D eigenvalue weighted by atomic mass is 10.2. The lowest BCUT2D eigenvalue weighted by molar-refractivity contribution is -0.116. The van der Waals surface area contributed by atoms with Gasteiger partial charge in [0.2, 0.25) is 5.91 Å². The number of carbonyl (C=O) groups excluding carboxylic acids is 1. The molecule has 0 aliphatic rings. The van der Waals surface area contributed by atoms with Crippen molar-refractivity contribution in [1.82, 2.24) is 0 Å². The van der Waals surface area contributed by atoms with E-state index >= 15 is 0 Å². The number of hydrogen-bond acceptors (Lipinski definition) is 4. The van der Waals surface area contributed by atoms with Crippen LogP contribution in [0, 0.1) is 0 Å². The number of benzene rings is 2. The molecule has 0 saturated heterocycles. The Bertz CT molecular complexity index is 661. The van der Waals surface area contributed by atoms with Gasteiger partial charge in [-0.15, -0.1) is 11.8 Å². The van der Waals surface area contributed by atoms with Gasteiger partial charge in [0.25, 0.3) is 0 Å². The summed E-state index contributed by atoms with van der Waals surface area (Å²) in [5.41, 5.74) is 0.828. The molecule has 1 amide bonds. The largest absolute Gasteiger partial charge is 0.490 e. The third-order valence-electron chi connectivity index (χ3n) is 3.31. The summed E-state index contributed by atoms with van der Waals surface area (Å²) in [6.45, 7) is 3.01.